The molecule has 0 unspecified atom stereocenters. The van der Waals surface area contributed by atoms with Crippen LogP contribution in [0.15, 0.2) is 23.3 Å². The Morgan fingerprint density at radius 3 is 2.71 bits per heavy atom. The SMILES string of the molecule is CC(C)(C)n1nnc(Cn2cccnc2=O)n1. The standard InChI is InChI=1S/C10H14N6O/c1-10(2,3)16-13-8(12-14-16)7-15-6-4-5-11-9(15)17/h4-6H,7H2,1-3H3. The Balaban J connectivity index is 2.24. The fraction of sp³-hybridized carbons (Fsp3) is 0.500. The highest BCUT2D eigenvalue weighted by atomic mass is 16.1. The molecule has 2 rings (SSSR count). The average molecular weight is 234 g/mol. The minimum atomic E-state index is -0.320. The van der Waals surface area contributed by atoms with Crippen molar-refractivity contribution in [3.8, 4) is 0 Å². The van der Waals surface area contributed by atoms with Crippen molar-refractivity contribution in [3.63, 3.8) is 0 Å². The molecule has 0 bridgehead atoms. The van der Waals surface area contributed by atoms with E-state index in [-0.39, 0.29) is 17.8 Å². The molecule has 90 valence electrons. The molecule has 0 fully saturated rings. The molecule has 0 aliphatic heterocycles. The zero-order valence-corrected chi connectivity index (χ0v) is 10.0. The summed E-state index contributed by atoms with van der Waals surface area (Å²) >= 11 is 0. The summed E-state index contributed by atoms with van der Waals surface area (Å²) < 4.78 is 1.43. The van der Waals surface area contributed by atoms with Gasteiger partial charge < -0.3 is 0 Å². The molecule has 0 aliphatic rings. The van der Waals surface area contributed by atoms with Crippen LogP contribution in [0, 0.1) is 0 Å². The molecule has 0 N–H and O–H groups in total. The second-order valence-corrected chi connectivity index (χ2v) is 4.70. The summed E-state index contributed by atoms with van der Waals surface area (Å²) in [5.41, 5.74) is -0.537. The molecule has 0 aromatic carbocycles. The number of nitrogens with zero attached hydrogens (tertiary/aromatic N) is 6. The molecule has 17 heavy (non-hydrogen) atoms. The maximum Gasteiger partial charge on any atom is 0.347 e. The average Bonchev–Trinajstić information content (AvgIpc) is 2.69. The van der Waals surface area contributed by atoms with Crippen molar-refractivity contribution in [3.05, 3.63) is 34.8 Å². The molecule has 2 aromatic heterocycles. The zero-order valence-electron chi connectivity index (χ0n) is 10.0. The van der Waals surface area contributed by atoms with E-state index in [0.29, 0.717) is 5.82 Å². The van der Waals surface area contributed by atoms with E-state index in [2.05, 4.69) is 20.4 Å². The largest absolute Gasteiger partial charge is 0.347 e. The van der Waals surface area contributed by atoms with Gasteiger partial charge in [0.2, 0.25) is 0 Å². The monoisotopic (exact) mass is 234 g/mol. The Hall–Kier alpha value is -2.05. The van der Waals surface area contributed by atoms with Crippen LogP contribution >= 0.6 is 0 Å². The lowest BCUT2D eigenvalue weighted by molar-refractivity contribution is 0.305. The fourth-order valence-electron chi connectivity index (χ4n) is 1.25. The summed E-state index contributed by atoms with van der Waals surface area (Å²) in [6, 6.07) is 1.69. The van der Waals surface area contributed by atoms with Gasteiger partial charge >= 0.3 is 5.69 Å². The van der Waals surface area contributed by atoms with Crippen LogP contribution in [0.4, 0.5) is 0 Å². The summed E-state index contributed by atoms with van der Waals surface area (Å²) in [6.45, 7) is 6.22. The Kier molecular flexibility index (Phi) is 2.74. The van der Waals surface area contributed by atoms with Crippen molar-refractivity contribution in [1.82, 2.24) is 29.8 Å². The first-order valence-electron chi connectivity index (χ1n) is 5.28. The smallest absolute Gasteiger partial charge is 0.291 e. The predicted molar refractivity (Wildman–Crippen MR) is 60.4 cm³/mol. The lowest BCUT2D eigenvalue weighted by Gasteiger charge is -2.15. The molecule has 0 saturated carbocycles. The summed E-state index contributed by atoms with van der Waals surface area (Å²) in [4.78, 5) is 16.6. The molecule has 7 nitrogen and oxygen atoms in total. The normalized spacial score (nSPS) is 11.7. The third-order valence-corrected chi connectivity index (χ3v) is 2.15. The number of hydrogen-bond acceptors (Lipinski definition) is 5. The van der Waals surface area contributed by atoms with Gasteiger partial charge in [-0.1, -0.05) is 0 Å². The Labute approximate surface area is 98.1 Å². The third kappa shape index (κ3) is 2.55. The van der Waals surface area contributed by atoms with Gasteiger partial charge in [0.15, 0.2) is 5.82 Å². The van der Waals surface area contributed by atoms with E-state index in [9.17, 15) is 4.79 Å². The molecule has 0 atom stereocenters. The number of rotatable bonds is 2. The minimum Gasteiger partial charge on any atom is -0.291 e. The van der Waals surface area contributed by atoms with Gasteiger partial charge in [0.05, 0.1) is 12.1 Å². The van der Waals surface area contributed by atoms with Gasteiger partial charge in [-0.05, 0) is 32.1 Å². The van der Waals surface area contributed by atoms with Crippen molar-refractivity contribution in [2.24, 2.45) is 0 Å². The quantitative estimate of drug-likeness (QED) is 0.732. The van der Waals surface area contributed by atoms with Crippen molar-refractivity contribution >= 4 is 0 Å². The molecule has 0 saturated heterocycles. The van der Waals surface area contributed by atoms with Crippen LogP contribution in [-0.2, 0) is 12.1 Å². The fourth-order valence-corrected chi connectivity index (χ4v) is 1.25. The van der Waals surface area contributed by atoms with Crippen LogP contribution in [0.1, 0.15) is 26.6 Å². The summed E-state index contributed by atoms with van der Waals surface area (Å²) in [5.74, 6) is 0.495. The van der Waals surface area contributed by atoms with E-state index in [1.165, 1.54) is 15.6 Å². The molecule has 7 heteroatoms. The first kappa shape index (κ1) is 11.4. The molecule has 0 spiro atoms. The second kappa shape index (κ2) is 4.08. The second-order valence-electron chi connectivity index (χ2n) is 4.70. The van der Waals surface area contributed by atoms with Crippen LogP contribution in [0.3, 0.4) is 0 Å². The van der Waals surface area contributed by atoms with E-state index >= 15 is 0 Å². The van der Waals surface area contributed by atoms with Crippen LogP contribution < -0.4 is 5.69 Å². The van der Waals surface area contributed by atoms with Crippen molar-refractivity contribution < 1.29 is 0 Å². The number of aromatic nitrogens is 6. The van der Waals surface area contributed by atoms with E-state index in [1.807, 2.05) is 20.8 Å². The molecule has 0 radical (unpaired) electrons. The van der Waals surface area contributed by atoms with E-state index in [4.69, 9.17) is 0 Å². The number of hydrogen-bond donors (Lipinski definition) is 0. The molecule has 2 heterocycles. The van der Waals surface area contributed by atoms with Gasteiger partial charge in [0.25, 0.3) is 0 Å². The predicted octanol–water partition coefficient (Wildman–Crippen LogP) is 0.0331. The lowest BCUT2D eigenvalue weighted by atomic mass is 10.1. The molecule has 2 aromatic rings. The summed E-state index contributed by atoms with van der Waals surface area (Å²) in [5, 5.41) is 12.1. The van der Waals surface area contributed by atoms with E-state index < -0.39 is 0 Å². The highest BCUT2D eigenvalue weighted by Crippen LogP contribution is 2.09. The van der Waals surface area contributed by atoms with Gasteiger partial charge in [0.1, 0.15) is 0 Å². The maximum absolute atomic E-state index is 11.4. The topological polar surface area (TPSA) is 78.5 Å². The molecular formula is C10H14N6O. The van der Waals surface area contributed by atoms with Crippen LogP contribution in [0.2, 0.25) is 0 Å². The van der Waals surface area contributed by atoms with E-state index in [0.717, 1.165) is 0 Å². The first-order chi connectivity index (χ1) is 7.97. The first-order valence-corrected chi connectivity index (χ1v) is 5.28. The highest BCUT2D eigenvalue weighted by Gasteiger charge is 2.17. The van der Waals surface area contributed by atoms with Crippen LogP contribution in [0.25, 0.3) is 0 Å². The molecular weight excluding hydrogens is 220 g/mol. The van der Waals surface area contributed by atoms with Crippen molar-refractivity contribution in [1.29, 1.82) is 0 Å². The zero-order chi connectivity index (χ0) is 12.5. The Morgan fingerprint density at radius 2 is 2.12 bits per heavy atom. The van der Waals surface area contributed by atoms with Gasteiger partial charge in [0, 0.05) is 12.4 Å². The maximum atomic E-state index is 11.4. The van der Waals surface area contributed by atoms with Gasteiger partial charge in [-0.25, -0.2) is 9.78 Å². The van der Waals surface area contributed by atoms with E-state index in [1.54, 1.807) is 12.3 Å². The minimum absolute atomic E-state index is 0.217. The van der Waals surface area contributed by atoms with Gasteiger partial charge in [-0.3, -0.25) is 4.57 Å². The van der Waals surface area contributed by atoms with Crippen LogP contribution in [0.5, 0.6) is 0 Å². The van der Waals surface area contributed by atoms with Crippen molar-refractivity contribution in [2.45, 2.75) is 32.9 Å². The summed E-state index contributed by atoms with van der Waals surface area (Å²) in [6.07, 6.45) is 3.10. The third-order valence-electron chi connectivity index (χ3n) is 2.15. The Morgan fingerprint density at radius 1 is 1.35 bits per heavy atom. The van der Waals surface area contributed by atoms with Gasteiger partial charge in [-0.2, -0.15) is 4.80 Å². The number of tetrazole rings is 1. The van der Waals surface area contributed by atoms with Gasteiger partial charge in [-0.15, -0.1) is 10.2 Å². The van der Waals surface area contributed by atoms with Crippen molar-refractivity contribution in [2.75, 3.05) is 0 Å². The highest BCUT2D eigenvalue weighted by molar-refractivity contribution is 4.87. The Bertz CT molecular complexity index is 564. The molecule has 0 amide bonds. The summed E-state index contributed by atoms with van der Waals surface area (Å²) in [7, 11) is 0. The lowest BCUT2D eigenvalue weighted by Crippen LogP contribution is -2.25. The van der Waals surface area contributed by atoms with Crippen LogP contribution in [-0.4, -0.2) is 29.8 Å². The molecule has 0 aliphatic carbocycles.